The van der Waals surface area contributed by atoms with Gasteiger partial charge in [0.2, 0.25) is 5.91 Å². The van der Waals surface area contributed by atoms with Crippen molar-refractivity contribution in [2.24, 2.45) is 0 Å². The molecular weight excluding hydrogens is 356 g/mol. The first-order valence-electron chi connectivity index (χ1n) is 7.94. The van der Waals surface area contributed by atoms with E-state index in [2.05, 4.69) is 10.4 Å². The summed E-state index contributed by atoms with van der Waals surface area (Å²) in [6, 6.07) is 12.6. The first-order chi connectivity index (χ1) is 13.0. The lowest BCUT2D eigenvalue weighted by atomic mass is 10.1. The van der Waals surface area contributed by atoms with Crippen molar-refractivity contribution in [3.05, 3.63) is 76.6 Å². The van der Waals surface area contributed by atoms with Gasteiger partial charge in [-0.2, -0.15) is 5.10 Å². The van der Waals surface area contributed by atoms with Crippen molar-refractivity contribution in [2.45, 2.75) is 6.54 Å². The van der Waals surface area contributed by atoms with Gasteiger partial charge < -0.3 is 10.1 Å². The zero-order valence-corrected chi connectivity index (χ0v) is 14.3. The molecule has 1 aromatic heterocycles. The minimum absolute atomic E-state index is 0.180. The molecule has 0 atom stereocenters. The molecule has 0 aliphatic heterocycles. The lowest BCUT2D eigenvalue weighted by molar-refractivity contribution is -0.117. The molecule has 1 heterocycles. The van der Waals surface area contributed by atoms with Crippen LogP contribution in [0.3, 0.4) is 0 Å². The van der Waals surface area contributed by atoms with Gasteiger partial charge in [-0.25, -0.2) is 13.5 Å². The average Bonchev–Trinajstić information content (AvgIpc) is 2.66. The van der Waals surface area contributed by atoms with Gasteiger partial charge in [-0.05, 0) is 42.5 Å². The fraction of sp³-hybridized carbons (Fsp3) is 0.105. The Kier molecular flexibility index (Phi) is 5.25. The van der Waals surface area contributed by atoms with Crippen molar-refractivity contribution in [1.29, 1.82) is 0 Å². The fourth-order valence-corrected chi connectivity index (χ4v) is 2.39. The van der Waals surface area contributed by atoms with Gasteiger partial charge in [0.1, 0.15) is 23.9 Å². The predicted octanol–water partition coefficient (Wildman–Crippen LogP) is 2.84. The summed E-state index contributed by atoms with van der Waals surface area (Å²) in [5.41, 5.74) is 0.551. The van der Waals surface area contributed by atoms with E-state index < -0.39 is 29.6 Å². The summed E-state index contributed by atoms with van der Waals surface area (Å²) in [7, 11) is 1.55. The van der Waals surface area contributed by atoms with Crippen molar-refractivity contribution >= 4 is 11.6 Å². The Balaban J connectivity index is 1.79. The van der Waals surface area contributed by atoms with E-state index >= 15 is 0 Å². The number of nitrogens with zero attached hydrogens (tertiary/aromatic N) is 2. The summed E-state index contributed by atoms with van der Waals surface area (Å²) < 4.78 is 32.6. The summed E-state index contributed by atoms with van der Waals surface area (Å²) >= 11 is 0. The third-order valence-electron chi connectivity index (χ3n) is 3.75. The number of hydrogen-bond acceptors (Lipinski definition) is 4. The quantitative estimate of drug-likeness (QED) is 0.749. The molecule has 8 heteroatoms. The van der Waals surface area contributed by atoms with Crippen LogP contribution in [0.4, 0.5) is 14.5 Å². The number of benzene rings is 2. The number of rotatable bonds is 5. The van der Waals surface area contributed by atoms with Crippen molar-refractivity contribution in [3.8, 4) is 17.0 Å². The van der Waals surface area contributed by atoms with Crippen LogP contribution in [-0.2, 0) is 11.3 Å². The zero-order valence-electron chi connectivity index (χ0n) is 14.3. The molecule has 0 saturated heterocycles. The van der Waals surface area contributed by atoms with Crippen molar-refractivity contribution in [3.63, 3.8) is 0 Å². The standard InChI is InChI=1S/C19H15F2N3O3/c1-27-14-5-2-12(3-6-14)16-8-9-19(26)24(23-16)11-18(25)22-17-7-4-13(20)10-15(17)21/h2-10H,11H2,1H3,(H,22,25). The number of ether oxygens (including phenoxy) is 1. The van der Waals surface area contributed by atoms with Crippen LogP contribution in [0.25, 0.3) is 11.3 Å². The molecule has 138 valence electrons. The summed E-state index contributed by atoms with van der Waals surface area (Å²) in [6.45, 7) is -0.417. The number of hydrogen-bond donors (Lipinski definition) is 1. The lowest BCUT2D eigenvalue weighted by Crippen LogP contribution is -2.29. The van der Waals surface area contributed by atoms with Gasteiger partial charge in [-0.1, -0.05) is 0 Å². The Morgan fingerprint density at radius 2 is 1.85 bits per heavy atom. The molecule has 3 aromatic rings. The second-order valence-corrected chi connectivity index (χ2v) is 5.62. The third kappa shape index (κ3) is 4.35. The lowest BCUT2D eigenvalue weighted by Gasteiger charge is -2.09. The number of amides is 1. The zero-order chi connectivity index (χ0) is 19.4. The predicted molar refractivity (Wildman–Crippen MR) is 95.5 cm³/mol. The largest absolute Gasteiger partial charge is 0.497 e. The maximum absolute atomic E-state index is 13.6. The van der Waals surface area contributed by atoms with Crippen LogP contribution in [0.15, 0.2) is 59.4 Å². The van der Waals surface area contributed by atoms with Gasteiger partial charge in [0.15, 0.2) is 0 Å². The molecule has 0 radical (unpaired) electrons. The summed E-state index contributed by atoms with van der Waals surface area (Å²) in [5.74, 6) is -1.65. The van der Waals surface area contributed by atoms with E-state index in [1.54, 1.807) is 31.4 Å². The van der Waals surface area contributed by atoms with Crippen LogP contribution >= 0.6 is 0 Å². The molecule has 0 spiro atoms. The number of halogens is 2. The van der Waals surface area contributed by atoms with Crippen LogP contribution in [0.2, 0.25) is 0 Å². The van der Waals surface area contributed by atoms with Crippen molar-refractivity contribution in [1.82, 2.24) is 9.78 Å². The van der Waals surface area contributed by atoms with Gasteiger partial charge in [0, 0.05) is 17.7 Å². The third-order valence-corrected chi connectivity index (χ3v) is 3.75. The minimum atomic E-state index is -0.907. The second kappa shape index (κ2) is 7.77. The molecule has 3 rings (SSSR count). The molecule has 1 amide bonds. The monoisotopic (exact) mass is 371 g/mol. The van der Waals surface area contributed by atoms with E-state index in [0.29, 0.717) is 17.5 Å². The molecular formula is C19H15F2N3O3. The highest BCUT2D eigenvalue weighted by Crippen LogP contribution is 2.19. The van der Waals surface area contributed by atoms with E-state index in [1.165, 1.54) is 12.1 Å². The fourth-order valence-electron chi connectivity index (χ4n) is 2.39. The Bertz CT molecular complexity index is 1030. The first-order valence-corrected chi connectivity index (χ1v) is 7.94. The van der Waals surface area contributed by atoms with Crippen molar-refractivity contribution < 1.29 is 18.3 Å². The van der Waals surface area contributed by atoms with Gasteiger partial charge in [-0.3, -0.25) is 9.59 Å². The van der Waals surface area contributed by atoms with Gasteiger partial charge >= 0.3 is 0 Å². The molecule has 27 heavy (non-hydrogen) atoms. The Morgan fingerprint density at radius 1 is 1.11 bits per heavy atom. The van der Waals surface area contributed by atoms with Crippen LogP contribution in [0, 0.1) is 11.6 Å². The van der Waals surface area contributed by atoms with E-state index in [-0.39, 0.29) is 5.69 Å². The topological polar surface area (TPSA) is 73.2 Å². The SMILES string of the molecule is COc1ccc(-c2ccc(=O)n(CC(=O)Nc3ccc(F)cc3F)n2)cc1. The number of carbonyl (C=O) groups excluding carboxylic acids is 1. The summed E-state index contributed by atoms with van der Waals surface area (Å²) in [5, 5.41) is 6.46. The first kappa shape index (κ1) is 18.2. The van der Waals surface area contributed by atoms with Gasteiger partial charge in [0.25, 0.3) is 5.56 Å². The Morgan fingerprint density at radius 3 is 2.52 bits per heavy atom. The highest BCUT2D eigenvalue weighted by atomic mass is 19.1. The molecule has 6 nitrogen and oxygen atoms in total. The molecule has 0 saturated carbocycles. The van der Waals surface area contributed by atoms with Gasteiger partial charge in [-0.15, -0.1) is 0 Å². The van der Waals surface area contributed by atoms with Gasteiger partial charge in [0.05, 0.1) is 18.5 Å². The van der Waals surface area contributed by atoms with E-state index in [4.69, 9.17) is 4.74 Å². The van der Waals surface area contributed by atoms with E-state index in [0.717, 1.165) is 22.4 Å². The van der Waals surface area contributed by atoms with Crippen LogP contribution in [0.1, 0.15) is 0 Å². The van der Waals surface area contributed by atoms with E-state index in [1.807, 2.05) is 0 Å². The van der Waals surface area contributed by atoms with Crippen molar-refractivity contribution in [2.75, 3.05) is 12.4 Å². The smallest absolute Gasteiger partial charge is 0.267 e. The Hall–Kier alpha value is -3.55. The highest BCUT2D eigenvalue weighted by molar-refractivity contribution is 5.90. The molecule has 0 fully saturated rings. The minimum Gasteiger partial charge on any atom is -0.497 e. The molecule has 2 aromatic carbocycles. The van der Waals surface area contributed by atoms with Crippen LogP contribution < -0.4 is 15.6 Å². The molecule has 0 aliphatic carbocycles. The molecule has 0 unspecified atom stereocenters. The number of anilines is 1. The second-order valence-electron chi connectivity index (χ2n) is 5.62. The number of methoxy groups -OCH3 is 1. The van der Waals surface area contributed by atoms with Crippen LogP contribution in [0.5, 0.6) is 5.75 Å². The normalized spacial score (nSPS) is 10.5. The maximum Gasteiger partial charge on any atom is 0.267 e. The maximum atomic E-state index is 13.6. The molecule has 1 N–H and O–H groups in total. The number of nitrogens with one attached hydrogen (secondary N) is 1. The summed E-state index contributed by atoms with van der Waals surface area (Å²) in [4.78, 5) is 24.1. The number of aromatic nitrogens is 2. The van der Waals surface area contributed by atoms with E-state index in [9.17, 15) is 18.4 Å². The Labute approximate surface area is 153 Å². The molecule has 0 bridgehead atoms. The average molecular weight is 371 g/mol. The summed E-state index contributed by atoms with van der Waals surface area (Å²) in [6.07, 6.45) is 0. The molecule has 0 aliphatic rings. The van der Waals surface area contributed by atoms with Crippen LogP contribution in [-0.4, -0.2) is 22.8 Å². The number of carbonyl (C=O) groups is 1. The highest BCUT2D eigenvalue weighted by Gasteiger charge is 2.11.